The Morgan fingerprint density at radius 2 is 1.44 bits per heavy atom. The van der Waals surface area contributed by atoms with Crippen molar-refractivity contribution < 1.29 is 9.53 Å². The summed E-state index contributed by atoms with van der Waals surface area (Å²) in [6, 6.07) is 20.7. The quantitative estimate of drug-likeness (QED) is 0.572. The van der Waals surface area contributed by atoms with Gasteiger partial charge in [-0.2, -0.15) is 0 Å². The molecule has 0 saturated heterocycles. The van der Waals surface area contributed by atoms with Gasteiger partial charge in [-0.1, -0.05) is 42.5 Å². The number of pyridine rings is 2. The van der Waals surface area contributed by atoms with Crippen molar-refractivity contribution in [3.05, 3.63) is 96.1 Å². The molecule has 0 spiro atoms. The number of nitrogens with zero attached hydrogens (tertiary/aromatic N) is 3. The van der Waals surface area contributed by atoms with E-state index in [1.54, 1.807) is 12.4 Å². The van der Waals surface area contributed by atoms with Crippen LogP contribution in [0.1, 0.15) is 29.9 Å². The first-order chi connectivity index (χ1) is 13.3. The monoisotopic (exact) mass is 361 g/mol. The first kappa shape index (κ1) is 18.7. The first-order valence-corrected chi connectivity index (χ1v) is 9.03. The molecule has 3 rings (SSSR count). The minimum Gasteiger partial charge on any atom is -0.465 e. The smallest absolute Gasteiger partial charge is 0.328 e. The van der Waals surface area contributed by atoms with E-state index in [9.17, 15) is 4.79 Å². The maximum atomic E-state index is 12.9. The SMILES string of the molecule is CCOC(=O)C(c1ccccc1)N(Cc1ccccn1)Cc1ccccn1. The summed E-state index contributed by atoms with van der Waals surface area (Å²) < 4.78 is 5.39. The van der Waals surface area contributed by atoms with Crippen molar-refractivity contribution in [1.29, 1.82) is 0 Å². The van der Waals surface area contributed by atoms with Crippen molar-refractivity contribution in [2.75, 3.05) is 6.61 Å². The van der Waals surface area contributed by atoms with Crippen LogP contribution in [-0.2, 0) is 22.6 Å². The Hall–Kier alpha value is -3.05. The predicted molar refractivity (Wildman–Crippen MR) is 104 cm³/mol. The van der Waals surface area contributed by atoms with Crippen molar-refractivity contribution in [3.63, 3.8) is 0 Å². The maximum Gasteiger partial charge on any atom is 0.328 e. The van der Waals surface area contributed by atoms with Gasteiger partial charge in [-0.15, -0.1) is 0 Å². The lowest BCUT2D eigenvalue weighted by Gasteiger charge is -2.30. The molecule has 1 atom stereocenters. The molecule has 138 valence electrons. The number of hydrogen-bond acceptors (Lipinski definition) is 5. The zero-order chi connectivity index (χ0) is 18.9. The van der Waals surface area contributed by atoms with Gasteiger partial charge in [-0.25, -0.2) is 4.79 Å². The topological polar surface area (TPSA) is 55.3 Å². The Morgan fingerprint density at radius 3 is 1.93 bits per heavy atom. The minimum atomic E-state index is -0.532. The fourth-order valence-electron chi connectivity index (χ4n) is 2.99. The highest BCUT2D eigenvalue weighted by Crippen LogP contribution is 2.26. The zero-order valence-electron chi connectivity index (χ0n) is 15.4. The second-order valence-corrected chi connectivity index (χ2v) is 6.11. The second-order valence-electron chi connectivity index (χ2n) is 6.11. The Kier molecular flexibility index (Phi) is 6.66. The van der Waals surface area contributed by atoms with E-state index in [0.29, 0.717) is 19.7 Å². The molecule has 0 aliphatic heterocycles. The summed E-state index contributed by atoms with van der Waals surface area (Å²) in [5.74, 6) is -0.268. The molecule has 0 aliphatic carbocycles. The number of carbonyl (C=O) groups excluding carboxylic acids is 1. The third-order valence-corrected chi connectivity index (χ3v) is 4.17. The number of carbonyl (C=O) groups is 1. The molecular weight excluding hydrogens is 338 g/mol. The van der Waals surface area contributed by atoms with Gasteiger partial charge in [0.25, 0.3) is 0 Å². The Morgan fingerprint density at radius 1 is 0.889 bits per heavy atom. The van der Waals surface area contributed by atoms with Crippen LogP contribution in [0.2, 0.25) is 0 Å². The molecular formula is C22H23N3O2. The molecule has 0 fully saturated rings. The lowest BCUT2D eigenvalue weighted by Crippen LogP contribution is -2.35. The summed E-state index contributed by atoms with van der Waals surface area (Å²) in [4.78, 5) is 23.8. The van der Waals surface area contributed by atoms with Gasteiger partial charge in [0.05, 0.1) is 18.0 Å². The highest BCUT2D eigenvalue weighted by atomic mass is 16.5. The summed E-state index contributed by atoms with van der Waals surface area (Å²) in [6.45, 7) is 3.18. The van der Waals surface area contributed by atoms with Gasteiger partial charge in [0, 0.05) is 25.5 Å². The fourth-order valence-corrected chi connectivity index (χ4v) is 2.99. The van der Waals surface area contributed by atoms with E-state index in [1.165, 1.54) is 0 Å². The van der Waals surface area contributed by atoms with Gasteiger partial charge in [0.2, 0.25) is 0 Å². The zero-order valence-corrected chi connectivity index (χ0v) is 15.4. The van der Waals surface area contributed by atoms with E-state index in [1.807, 2.05) is 73.7 Å². The second kappa shape index (κ2) is 9.59. The van der Waals surface area contributed by atoms with E-state index in [4.69, 9.17) is 4.74 Å². The van der Waals surface area contributed by atoms with Gasteiger partial charge >= 0.3 is 5.97 Å². The summed E-state index contributed by atoms with van der Waals surface area (Å²) in [5, 5.41) is 0. The van der Waals surface area contributed by atoms with Crippen LogP contribution in [0.25, 0.3) is 0 Å². The molecule has 27 heavy (non-hydrogen) atoms. The molecule has 2 heterocycles. The lowest BCUT2D eigenvalue weighted by molar-refractivity contribution is -0.150. The van der Waals surface area contributed by atoms with Gasteiger partial charge in [-0.05, 0) is 36.8 Å². The normalized spacial score (nSPS) is 11.9. The van der Waals surface area contributed by atoms with E-state index in [0.717, 1.165) is 17.0 Å². The van der Waals surface area contributed by atoms with Gasteiger partial charge in [-0.3, -0.25) is 14.9 Å². The van der Waals surface area contributed by atoms with Crippen molar-refractivity contribution in [1.82, 2.24) is 14.9 Å². The van der Waals surface area contributed by atoms with Crippen LogP contribution in [0.5, 0.6) is 0 Å². The van der Waals surface area contributed by atoms with Crippen LogP contribution in [0.3, 0.4) is 0 Å². The highest BCUT2D eigenvalue weighted by molar-refractivity contribution is 5.77. The molecule has 1 aromatic carbocycles. The molecule has 5 nitrogen and oxygen atoms in total. The number of benzene rings is 1. The molecule has 0 aliphatic rings. The minimum absolute atomic E-state index is 0.268. The number of hydrogen-bond donors (Lipinski definition) is 0. The Bertz CT molecular complexity index is 784. The first-order valence-electron chi connectivity index (χ1n) is 9.03. The van der Waals surface area contributed by atoms with E-state index < -0.39 is 6.04 Å². The Labute approximate surface area is 159 Å². The van der Waals surface area contributed by atoms with E-state index >= 15 is 0 Å². The molecule has 5 heteroatoms. The predicted octanol–water partition coefficient (Wildman–Crippen LogP) is 3.78. The molecule has 3 aromatic rings. The average molecular weight is 361 g/mol. The molecule has 0 saturated carbocycles. The van der Waals surface area contributed by atoms with Crippen LogP contribution < -0.4 is 0 Å². The number of rotatable bonds is 8. The standard InChI is InChI=1S/C22H23N3O2/c1-2-27-22(26)21(18-10-4-3-5-11-18)25(16-19-12-6-8-14-23-19)17-20-13-7-9-15-24-20/h3-15,21H,2,16-17H2,1H3. The molecule has 0 amide bonds. The summed E-state index contributed by atoms with van der Waals surface area (Å²) >= 11 is 0. The fraction of sp³-hybridized carbons (Fsp3) is 0.227. The van der Waals surface area contributed by atoms with Crippen LogP contribution in [0, 0.1) is 0 Å². The third kappa shape index (κ3) is 5.21. The third-order valence-electron chi connectivity index (χ3n) is 4.17. The summed E-state index contributed by atoms with van der Waals surface area (Å²) in [5.41, 5.74) is 2.67. The number of aromatic nitrogens is 2. The summed E-state index contributed by atoms with van der Waals surface area (Å²) in [6.07, 6.45) is 3.52. The Balaban J connectivity index is 1.96. The summed E-state index contributed by atoms with van der Waals surface area (Å²) in [7, 11) is 0. The molecule has 1 unspecified atom stereocenters. The van der Waals surface area contributed by atoms with Crippen LogP contribution >= 0.6 is 0 Å². The highest BCUT2D eigenvalue weighted by Gasteiger charge is 2.29. The van der Waals surface area contributed by atoms with E-state index in [-0.39, 0.29) is 5.97 Å². The van der Waals surface area contributed by atoms with Crippen molar-refractivity contribution in [3.8, 4) is 0 Å². The van der Waals surface area contributed by atoms with E-state index in [2.05, 4.69) is 14.9 Å². The number of esters is 1. The lowest BCUT2D eigenvalue weighted by atomic mass is 10.0. The van der Waals surface area contributed by atoms with Crippen LogP contribution in [0.4, 0.5) is 0 Å². The molecule has 2 aromatic heterocycles. The van der Waals surface area contributed by atoms with Gasteiger partial charge in [0.1, 0.15) is 6.04 Å². The van der Waals surface area contributed by atoms with Crippen LogP contribution in [-0.4, -0.2) is 27.4 Å². The molecule has 0 radical (unpaired) electrons. The van der Waals surface area contributed by atoms with Crippen molar-refractivity contribution >= 4 is 5.97 Å². The maximum absolute atomic E-state index is 12.9. The number of ether oxygens (including phenoxy) is 1. The van der Waals surface area contributed by atoms with Gasteiger partial charge in [0.15, 0.2) is 0 Å². The van der Waals surface area contributed by atoms with Crippen LogP contribution in [0.15, 0.2) is 79.1 Å². The molecule has 0 N–H and O–H groups in total. The van der Waals surface area contributed by atoms with Gasteiger partial charge < -0.3 is 4.74 Å². The van der Waals surface area contributed by atoms with Crippen molar-refractivity contribution in [2.24, 2.45) is 0 Å². The largest absolute Gasteiger partial charge is 0.465 e. The van der Waals surface area contributed by atoms with Crippen molar-refractivity contribution in [2.45, 2.75) is 26.1 Å². The molecule has 0 bridgehead atoms. The average Bonchev–Trinajstić information content (AvgIpc) is 2.71.